The first kappa shape index (κ1) is 14.4. The van der Waals surface area contributed by atoms with Crippen LogP contribution in [0.5, 0.6) is 0 Å². The number of aliphatic hydroxyl groups is 1. The van der Waals surface area contributed by atoms with E-state index in [1.165, 1.54) is 11.5 Å². The summed E-state index contributed by atoms with van der Waals surface area (Å²) in [5, 5.41) is 18.2. The highest BCUT2D eigenvalue weighted by Gasteiger charge is 2.25. The van der Waals surface area contributed by atoms with Gasteiger partial charge in [0.15, 0.2) is 0 Å². The van der Waals surface area contributed by atoms with Crippen LogP contribution < -0.4 is 5.32 Å². The quantitative estimate of drug-likeness (QED) is 0.910. The molecule has 0 spiro atoms. The SMILES string of the molecule is CC(C)(C)c1nsc(NCC(C)(O)c2ccsc2)n1. The lowest BCUT2D eigenvalue weighted by atomic mass is 9.96. The zero-order valence-corrected chi connectivity index (χ0v) is 13.2. The maximum absolute atomic E-state index is 10.4. The number of hydrogen-bond acceptors (Lipinski definition) is 6. The Kier molecular flexibility index (Phi) is 3.94. The first-order chi connectivity index (χ1) is 8.79. The van der Waals surface area contributed by atoms with Crippen molar-refractivity contribution < 1.29 is 5.11 Å². The number of nitrogens with zero attached hydrogens (tertiary/aromatic N) is 2. The summed E-state index contributed by atoms with van der Waals surface area (Å²) in [6.45, 7) is 8.47. The molecule has 2 aromatic rings. The van der Waals surface area contributed by atoms with Gasteiger partial charge in [0.25, 0.3) is 0 Å². The second-order valence-corrected chi connectivity index (χ2v) is 7.34. The molecule has 1 unspecified atom stereocenters. The van der Waals surface area contributed by atoms with Crippen molar-refractivity contribution in [3.8, 4) is 0 Å². The Balaban J connectivity index is 2.01. The third-order valence-electron chi connectivity index (χ3n) is 2.82. The lowest BCUT2D eigenvalue weighted by Gasteiger charge is -2.22. The monoisotopic (exact) mass is 297 g/mol. The Morgan fingerprint density at radius 2 is 2.05 bits per heavy atom. The highest BCUT2D eigenvalue weighted by atomic mass is 32.1. The van der Waals surface area contributed by atoms with Crippen molar-refractivity contribution in [3.05, 3.63) is 28.2 Å². The van der Waals surface area contributed by atoms with Crippen molar-refractivity contribution in [3.63, 3.8) is 0 Å². The Labute approximate surface area is 121 Å². The van der Waals surface area contributed by atoms with E-state index in [1.54, 1.807) is 18.3 Å². The second-order valence-electron chi connectivity index (χ2n) is 5.81. The summed E-state index contributed by atoms with van der Waals surface area (Å²) in [5.41, 5.74) is -0.0228. The number of nitrogens with one attached hydrogen (secondary N) is 1. The molecule has 0 aliphatic carbocycles. The predicted octanol–water partition coefficient (Wildman–Crippen LogP) is 3.22. The normalized spacial score (nSPS) is 15.2. The Morgan fingerprint density at radius 3 is 2.58 bits per heavy atom. The van der Waals surface area contributed by atoms with Crippen molar-refractivity contribution in [2.75, 3.05) is 11.9 Å². The molecular formula is C13H19N3OS2. The van der Waals surface area contributed by atoms with Gasteiger partial charge in [-0.25, -0.2) is 4.98 Å². The third kappa shape index (κ3) is 3.52. The van der Waals surface area contributed by atoms with Crippen molar-refractivity contribution >= 4 is 28.0 Å². The van der Waals surface area contributed by atoms with E-state index in [0.717, 1.165) is 16.5 Å². The van der Waals surface area contributed by atoms with Crippen molar-refractivity contribution in [2.45, 2.75) is 38.7 Å². The van der Waals surface area contributed by atoms with Gasteiger partial charge in [-0.1, -0.05) is 20.8 Å². The van der Waals surface area contributed by atoms with Gasteiger partial charge < -0.3 is 10.4 Å². The predicted molar refractivity (Wildman–Crippen MR) is 81.0 cm³/mol. The van der Waals surface area contributed by atoms with Crippen LogP contribution in [-0.4, -0.2) is 21.0 Å². The summed E-state index contributed by atoms with van der Waals surface area (Å²) in [6, 6.07) is 1.94. The van der Waals surface area contributed by atoms with Gasteiger partial charge in [-0.2, -0.15) is 15.7 Å². The van der Waals surface area contributed by atoms with Crippen molar-refractivity contribution in [1.82, 2.24) is 9.36 Å². The fourth-order valence-electron chi connectivity index (χ4n) is 1.52. The Morgan fingerprint density at radius 1 is 1.32 bits per heavy atom. The van der Waals surface area contributed by atoms with Crippen molar-refractivity contribution in [2.24, 2.45) is 0 Å². The molecule has 6 heteroatoms. The minimum Gasteiger partial charge on any atom is -0.384 e. The third-order valence-corrected chi connectivity index (χ3v) is 4.18. The molecule has 2 heterocycles. The molecule has 2 N–H and O–H groups in total. The first-order valence-corrected chi connectivity index (χ1v) is 7.84. The fourth-order valence-corrected chi connectivity index (χ4v) is 3.06. The zero-order valence-electron chi connectivity index (χ0n) is 11.6. The molecule has 1 atom stereocenters. The van der Waals surface area contributed by atoms with Gasteiger partial charge in [-0.3, -0.25) is 0 Å². The fraction of sp³-hybridized carbons (Fsp3) is 0.538. The van der Waals surface area contributed by atoms with Crippen LogP contribution in [0.2, 0.25) is 0 Å². The van der Waals surface area contributed by atoms with E-state index in [4.69, 9.17) is 0 Å². The molecule has 0 aromatic carbocycles. The highest BCUT2D eigenvalue weighted by Crippen LogP contribution is 2.26. The number of anilines is 1. The molecule has 0 fully saturated rings. The maximum Gasteiger partial charge on any atom is 0.202 e. The molecule has 0 saturated carbocycles. The van der Waals surface area contributed by atoms with Crippen molar-refractivity contribution in [1.29, 1.82) is 0 Å². The summed E-state index contributed by atoms with van der Waals surface area (Å²) >= 11 is 2.92. The lowest BCUT2D eigenvalue weighted by molar-refractivity contribution is 0.0720. The van der Waals surface area contributed by atoms with Crippen LogP contribution in [0, 0.1) is 0 Å². The van der Waals surface area contributed by atoms with Crippen LogP contribution in [0.3, 0.4) is 0 Å². The summed E-state index contributed by atoms with van der Waals surface area (Å²) < 4.78 is 4.34. The van der Waals surface area contributed by atoms with Crippen LogP contribution in [-0.2, 0) is 11.0 Å². The topological polar surface area (TPSA) is 58.0 Å². The van der Waals surface area contributed by atoms with Gasteiger partial charge in [0.2, 0.25) is 5.13 Å². The van der Waals surface area contributed by atoms with E-state index in [2.05, 4.69) is 35.4 Å². The minimum absolute atomic E-state index is 0.0493. The van der Waals surface area contributed by atoms with Gasteiger partial charge in [0.1, 0.15) is 11.4 Å². The number of aromatic nitrogens is 2. The van der Waals surface area contributed by atoms with E-state index in [-0.39, 0.29) is 5.41 Å². The van der Waals surface area contributed by atoms with Crippen LogP contribution in [0.4, 0.5) is 5.13 Å². The smallest absolute Gasteiger partial charge is 0.202 e. The molecule has 0 radical (unpaired) electrons. The Bertz CT molecular complexity index is 526. The van der Waals surface area contributed by atoms with Crippen LogP contribution in [0.1, 0.15) is 39.1 Å². The summed E-state index contributed by atoms with van der Waals surface area (Å²) in [7, 11) is 0. The van der Waals surface area contributed by atoms with Crippen LogP contribution in [0.15, 0.2) is 16.8 Å². The molecule has 4 nitrogen and oxygen atoms in total. The molecule has 0 bridgehead atoms. The molecule has 2 rings (SSSR count). The maximum atomic E-state index is 10.4. The van der Waals surface area contributed by atoms with Gasteiger partial charge in [-0.05, 0) is 29.3 Å². The van der Waals surface area contributed by atoms with Crippen LogP contribution >= 0.6 is 22.9 Å². The molecule has 0 aliphatic rings. The lowest BCUT2D eigenvalue weighted by Crippen LogP contribution is -2.30. The molecule has 19 heavy (non-hydrogen) atoms. The number of hydrogen-bond donors (Lipinski definition) is 2. The van der Waals surface area contributed by atoms with E-state index >= 15 is 0 Å². The van der Waals surface area contributed by atoms with E-state index in [1.807, 2.05) is 16.8 Å². The second kappa shape index (κ2) is 5.19. The van der Waals surface area contributed by atoms with E-state index in [9.17, 15) is 5.11 Å². The summed E-state index contributed by atoms with van der Waals surface area (Å²) in [5.74, 6) is 0.829. The first-order valence-electron chi connectivity index (χ1n) is 6.12. The van der Waals surface area contributed by atoms with Gasteiger partial charge in [-0.15, -0.1) is 0 Å². The molecule has 104 valence electrons. The summed E-state index contributed by atoms with van der Waals surface area (Å²) in [4.78, 5) is 4.45. The van der Waals surface area contributed by atoms with Gasteiger partial charge >= 0.3 is 0 Å². The molecular weight excluding hydrogens is 278 g/mol. The average Bonchev–Trinajstić information content (AvgIpc) is 2.97. The largest absolute Gasteiger partial charge is 0.384 e. The molecule has 2 aromatic heterocycles. The molecule has 0 saturated heterocycles. The molecule has 0 amide bonds. The Hall–Kier alpha value is -0.980. The number of thiophene rings is 1. The van der Waals surface area contributed by atoms with Gasteiger partial charge in [0.05, 0.1) is 0 Å². The number of rotatable bonds is 4. The van der Waals surface area contributed by atoms with E-state index in [0.29, 0.717) is 6.54 Å². The minimum atomic E-state index is -0.895. The standard InChI is InChI=1S/C13H19N3OS2/c1-12(2,3)10-15-11(19-16-10)14-8-13(4,17)9-5-6-18-7-9/h5-7,17H,8H2,1-4H3,(H,14,15,16). The summed E-state index contributed by atoms with van der Waals surface area (Å²) in [6.07, 6.45) is 0. The van der Waals surface area contributed by atoms with Crippen LogP contribution in [0.25, 0.3) is 0 Å². The average molecular weight is 297 g/mol. The highest BCUT2D eigenvalue weighted by molar-refractivity contribution is 7.09. The van der Waals surface area contributed by atoms with E-state index < -0.39 is 5.60 Å². The molecule has 0 aliphatic heterocycles. The zero-order chi connectivity index (χ0) is 14.1. The van der Waals surface area contributed by atoms with Gasteiger partial charge in [0, 0.05) is 23.5 Å².